The van der Waals surface area contributed by atoms with Crippen molar-refractivity contribution >= 4 is 28.2 Å². The van der Waals surface area contributed by atoms with Gasteiger partial charge in [-0.2, -0.15) is 11.8 Å². The largest absolute Gasteiger partial charge is 0.346 e. The van der Waals surface area contributed by atoms with Crippen molar-refractivity contribution in [3.05, 3.63) is 11.6 Å². The summed E-state index contributed by atoms with van der Waals surface area (Å²) in [6.07, 6.45) is 3.13. The molecule has 0 radical (unpaired) electrons. The Balaban J connectivity index is 1.66. The minimum atomic E-state index is 0.236. The Bertz CT molecular complexity index is 403. The highest BCUT2D eigenvalue weighted by molar-refractivity contribution is 8.00. The summed E-state index contributed by atoms with van der Waals surface area (Å²) in [5.74, 6) is 1.26. The van der Waals surface area contributed by atoms with Crippen LogP contribution in [0.15, 0.2) is 11.6 Å². The first-order chi connectivity index (χ1) is 9.26. The number of anilines is 1. The number of piperazine rings is 1. The average Bonchev–Trinajstić information content (AvgIpc) is 3.09. The second-order valence-corrected chi connectivity index (χ2v) is 7.68. The second-order valence-electron chi connectivity index (χ2n) is 5.36. The first-order valence-corrected chi connectivity index (χ1v) is 8.90. The third kappa shape index (κ3) is 2.39. The number of nitrogens with two attached hydrogens (primary N) is 1. The lowest BCUT2D eigenvalue weighted by Crippen LogP contribution is -2.62. The van der Waals surface area contributed by atoms with Crippen LogP contribution < -0.4 is 10.6 Å². The van der Waals surface area contributed by atoms with Gasteiger partial charge in [0, 0.05) is 55.1 Å². The van der Waals surface area contributed by atoms with Crippen LogP contribution in [0.3, 0.4) is 0 Å². The van der Waals surface area contributed by atoms with E-state index in [0.29, 0.717) is 5.25 Å². The average molecular weight is 298 g/mol. The van der Waals surface area contributed by atoms with Crippen molar-refractivity contribution < 1.29 is 0 Å². The molecule has 0 spiro atoms. The van der Waals surface area contributed by atoms with Gasteiger partial charge in [0.05, 0.1) is 0 Å². The number of hydrogen-bond donors (Lipinski definition) is 1. The van der Waals surface area contributed by atoms with E-state index < -0.39 is 0 Å². The van der Waals surface area contributed by atoms with E-state index in [1.54, 1.807) is 11.3 Å². The summed E-state index contributed by atoms with van der Waals surface area (Å²) in [6, 6.07) is 0. The maximum Gasteiger partial charge on any atom is 0.185 e. The lowest BCUT2D eigenvalue weighted by atomic mass is 9.90. The molecular formula is C13H22N4S2. The van der Waals surface area contributed by atoms with Crippen molar-refractivity contribution in [2.24, 2.45) is 5.73 Å². The van der Waals surface area contributed by atoms with Crippen LogP contribution in [0, 0.1) is 0 Å². The van der Waals surface area contributed by atoms with Gasteiger partial charge in [-0.15, -0.1) is 11.3 Å². The SMILES string of the molecule is CC1SCCC1(CN)N1CCN(c2nccs2)CC1. The fourth-order valence-electron chi connectivity index (χ4n) is 3.30. The monoisotopic (exact) mass is 298 g/mol. The van der Waals surface area contributed by atoms with Gasteiger partial charge in [-0.3, -0.25) is 4.90 Å². The van der Waals surface area contributed by atoms with Gasteiger partial charge in [0.25, 0.3) is 0 Å². The van der Waals surface area contributed by atoms with Gasteiger partial charge in [0.1, 0.15) is 0 Å². The minimum absolute atomic E-state index is 0.236. The first-order valence-electron chi connectivity index (χ1n) is 6.97. The number of thiazole rings is 1. The molecule has 0 saturated carbocycles. The summed E-state index contributed by atoms with van der Waals surface area (Å²) in [5, 5.41) is 3.87. The molecule has 2 atom stereocenters. The third-order valence-electron chi connectivity index (χ3n) is 4.61. The van der Waals surface area contributed by atoms with Crippen LogP contribution in [0.25, 0.3) is 0 Å². The van der Waals surface area contributed by atoms with Crippen LogP contribution in [-0.2, 0) is 0 Å². The fraction of sp³-hybridized carbons (Fsp3) is 0.769. The molecule has 2 unspecified atom stereocenters. The van der Waals surface area contributed by atoms with Crippen molar-refractivity contribution in [2.45, 2.75) is 24.1 Å². The number of thioether (sulfide) groups is 1. The Hall–Kier alpha value is -0.300. The molecular weight excluding hydrogens is 276 g/mol. The molecule has 19 heavy (non-hydrogen) atoms. The molecule has 0 bridgehead atoms. The number of aromatic nitrogens is 1. The molecule has 1 aromatic rings. The van der Waals surface area contributed by atoms with E-state index in [-0.39, 0.29) is 5.54 Å². The zero-order valence-corrected chi connectivity index (χ0v) is 13.1. The van der Waals surface area contributed by atoms with Crippen LogP contribution >= 0.6 is 23.1 Å². The standard InChI is InChI=1S/C13H22N4S2/c1-11-13(10-14,2-8-18-11)17-6-4-16(5-7-17)12-15-3-9-19-12/h3,9,11H,2,4-8,10,14H2,1H3. The predicted molar refractivity (Wildman–Crippen MR) is 84.2 cm³/mol. The fourth-order valence-corrected chi connectivity index (χ4v) is 5.49. The predicted octanol–water partition coefficient (Wildman–Crippen LogP) is 1.49. The molecule has 3 heterocycles. The van der Waals surface area contributed by atoms with E-state index in [1.807, 2.05) is 6.20 Å². The molecule has 2 fully saturated rings. The first kappa shape index (κ1) is 13.7. The van der Waals surface area contributed by atoms with Crippen molar-refractivity contribution in [3.63, 3.8) is 0 Å². The Morgan fingerprint density at radius 3 is 2.74 bits per heavy atom. The molecule has 4 nitrogen and oxygen atoms in total. The Morgan fingerprint density at radius 2 is 2.21 bits per heavy atom. The van der Waals surface area contributed by atoms with E-state index in [9.17, 15) is 0 Å². The lowest BCUT2D eigenvalue weighted by Gasteiger charge is -2.47. The van der Waals surface area contributed by atoms with Gasteiger partial charge in [0.2, 0.25) is 0 Å². The van der Waals surface area contributed by atoms with Crippen LogP contribution in [0.4, 0.5) is 5.13 Å². The summed E-state index contributed by atoms with van der Waals surface area (Å²) in [4.78, 5) is 9.45. The Kier molecular flexibility index (Phi) is 4.03. The van der Waals surface area contributed by atoms with Crippen LogP contribution in [0.5, 0.6) is 0 Å². The van der Waals surface area contributed by atoms with Gasteiger partial charge in [0.15, 0.2) is 5.13 Å². The molecule has 2 saturated heterocycles. The molecule has 1 aromatic heterocycles. The summed E-state index contributed by atoms with van der Waals surface area (Å²) in [7, 11) is 0. The maximum atomic E-state index is 6.14. The second kappa shape index (κ2) is 5.60. The minimum Gasteiger partial charge on any atom is -0.346 e. The molecule has 2 aliphatic rings. The third-order valence-corrected chi connectivity index (χ3v) is 6.82. The Labute approximate surface area is 123 Å². The van der Waals surface area contributed by atoms with E-state index >= 15 is 0 Å². The lowest BCUT2D eigenvalue weighted by molar-refractivity contribution is 0.0904. The van der Waals surface area contributed by atoms with Crippen molar-refractivity contribution in [2.75, 3.05) is 43.4 Å². The van der Waals surface area contributed by atoms with Crippen LogP contribution in [-0.4, -0.2) is 59.1 Å². The number of nitrogens with zero attached hydrogens (tertiary/aromatic N) is 3. The van der Waals surface area contributed by atoms with Crippen LogP contribution in [0.1, 0.15) is 13.3 Å². The molecule has 0 aliphatic carbocycles. The summed E-state index contributed by atoms with van der Waals surface area (Å²) >= 11 is 3.81. The van der Waals surface area contributed by atoms with Crippen LogP contribution in [0.2, 0.25) is 0 Å². The van der Waals surface area contributed by atoms with Gasteiger partial charge in [-0.1, -0.05) is 6.92 Å². The topological polar surface area (TPSA) is 45.4 Å². The zero-order chi connectivity index (χ0) is 13.3. The highest BCUT2D eigenvalue weighted by atomic mass is 32.2. The maximum absolute atomic E-state index is 6.14. The van der Waals surface area contributed by atoms with Crippen molar-refractivity contribution in [3.8, 4) is 0 Å². The molecule has 3 rings (SSSR count). The number of hydrogen-bond acceptors (Lipinski definition) is 6. The zero-order valence-electron chi connectivity index (χ0n) is 11.4. The van der Waals surface area contributed by atoms with E-state index in [1.165, 1.54) is 12.2 Å². The number of rotatable bonds is 3. The van der Waals surface area contributed by atoms with Gasteiger partial charge >= 0.3 is 0 Å². The summed E-state index contributed by atoms with van der Waals surface area (Å²) in [5.41, 5.74) is 6.38. The normalized spacial score (nSPS) is 32.9. The molecule has 106 valence electrons. The van der Waals surface area contributed by atoms with E-state index in [0.717, 1.165) is 37.9 Å². The van der Waals surface area contributed by atoms with Crippen molar-refractivity contribution in [1.29, 1.82) is 0 Å². The van der Waals surface area contributed by atoms with Gasteiger partial charge < -0.3 is 10.6 Å². The summed E-state index contributed by atoms with van der Waals surface area (Å²) < 4.78 is 0. The van der Waals surface area contributed by atoms with Gasteiger partial charge in [-0.05, 0) is 12.2 Å². The molecule has 2 N–H and O–H groups in total. The van der Waals surface area contributed by atoms with Gasteiger partial charge in [-0.25, -0.2) is 4.98 Å². The molecule has 0 aromatic carbocycles. The quantitative estimate of drug-likeness (QED) is 0.916. The smallest absolute Gasteiger partial charge is 0.185 e. The van der Waals surface area contributed by atoms with E-state index in [2.05, 4.69) is 38.8 Å². The van der Waals surface area contributed by atoms with Crippen molar-refractivity contribution in [1.82, 2.24) is 9.88 Å². The molecule has 6 heteroatoms. The molecule has 0 amide bonds. The molecule has 2 aliphatic heterocycles. The summed E-state index contributed by atoms with van der Waals surface area (Å²) in [6.45, 7) is 7.51. The highest BCUT2D eigenvalue weighted by Gasteiger charge is 2.45. The van der Waals surface area contributed by atoms with E-state index in [4.69, 9.17) is 5.73 Å². The highest BCUT2D eigenvalue weighted by Crippen LogP contribution is 2.40. The Morgan fingerprint density at radius 1 is 1.42 bits per heavy atom.